The highest BCUT2D eigenvalue weighted by atomic mass is 127. The minimum atomic E-state index is -3.14. The van der Waals surface area contributed by atoms with Gasteiger partial charge in [0.2, 0.25) is 10.0 Å². The van der Waals surface area contributed by atoms with Crippen molar-refractivity contribution in [3.8, 4) is 5.75 Å². The molecule has 3 N–H and O–H groups in total. The number of benzene rings is 1. The van der Waals surface area contributed by atoms with Crippen molar-refractivity contribution in [2.24, 2.45) is 10.9 Å². The van der Waals surface area contributed by atoms with E-state index in [2.05, 4.69) is 45.5 Å². The van der Waals surface area contributed by atoms with Crippen LogP contribution in [0.5, 0.6) is 5.75 Å². The molecule has 178 valence electrons. The standard InChI is InChI=1S/C21H36N4O4S.HI/c1-4-22-21(23-10-6-11-25-30(26,27)5-2)24-14-19-8-7-17(3)13-20(19)29-16-18-9-12-28-15-18;/h7-8,13,18,25H,4-6,9-12,14-16H2,1-3H3,(H2,22,23,24);1H. The monoisotopic (exact) mass is 568 g/mol. The van der Waals surface area contributed by atoms with Crippen molar-refractivity contribution in [1.29, 1.82) is 0 Å². The van der Waals surface area contributed by atoms with Crippen molar-refractivity contribution in [3.05, 3.63) is 29.3 Å². The van der Waals surface area contributed by atoms with Gasteiger partial charge in [0.15, 0.2) is 5.96 Å². The highest BCUT2D eigenvalue weighted by molar-refractivity contribution is 14.0. The molecule has 1 atom stereocenters. The number of nitrogens with zero attached hydrogens (tertiary/aromatic N) is 1. The Hall–Kier alpha value is -1.11. The molecule has 1 aromatic carbocycles. The van der Waals surface area contributed by atoms with Gasteiger partial charge in [0, 0.05) is 37.7 Å². The van der Waals surface area contributed by atoms with E-state index in [0.717, 1.165) is 43.1 Å². The van der Waals surface area contributed by atoms with Gasteiger partial charge in [-0.3, -0.25) is 0 Å². The Morgan fingerprint density at radius 3 is 2.74 bits per heavy atom. The van der Waals surface area contributed by atoms with Gasteiger partial charge in [0.05, 0.1) is 25.5 Å². The van der Waals surface area contributed by atoms with Gasteiger partial charge < -0.3 is 20.1 Å². The average molecular weight is 569 g/mol. The molecule has 1 saturated heterocycles. The minimum Gasteiger partial charge on any atom is -0.493 e. The van der Waals surface area contributed by atoms with E-state index in [1.54, 1.807) is 6.92 Å². The molecule has 1 aliphatic heterocycles. The molecule has 0 bridgehead atoms. The molecule has 8 nitrogen and oxygen atoms in total. The third kappa shape index (κ3) is 10.8. The van der Waals surface area contributed by atoms with E-state index in [-0.39, 0.29) is 29.7 Å². The number of nitrogens with one attached hydrogen (secondary N) is 3. The van der Waals surface area contributed by atoms with Crippen LogP contribution in [0.4, 0.5) is 0 Å². The highest BCUT2D eigenvalue weighted by Gasteiger charge is 2.17. The van der Waals surface area contributed by atoms with Crippen molar-refractivity contribution < 1.29 is 17.9 Å². The molecular weight excluding hydrogens is 531 g/mol. The van der Waals surface area contributed by atoms with Crippen LogP contribution >= 0.6 is 24.0 Å². The Bertz CT molecular complexity index is 784. The molecular formula is C21H37IN4O4S. The van der Waals surface area contributed by atoms with Gasteiger partial charge in [-0.15, -0.1) is 24.0 Å². The second-order valence-electron chi connectivity index (χ2n) is 7.43. The fourth-order valence-electron chi connectivity index (χ4n) is 2.98. The molecule has 1 heterocycles. The van der Waals surface area contributed by atoms with Gasteiger partial charge in [0.1, 0.15) is 5.75 Å². The first kappa shape index (κ1) is 27.9. The van der Waals surface area contributed by atoms with Crippen LogP contribution in [-0.2, 0) is 21.3 Å². The highest BCUT2D eigenvalue weighted by Crippen LogP contribution is 2.23. The maximum absolute atomic E-state index is 11.5. The maximum atomic E-state index is 11.5. The number of ether oxygens (including phenoxy) is 2. The topological polar surface area (TPSA) is 101 Å². The van der Waals surface area contributed by atoms with Crippen LogP contribution in [0.25, 0.3) is 0 Å². The molecule has 2 rings (SSSR count). The smallest absolute Gasteiger partial charge is 0.211 e. The Morgan fingerprint density at radius 1 is 1.26 bits per heavy atom. The number of hydrogen-bond donors (Lipinski definition) is 3. The third-order valence-corrected chi connectivity index (χ3v) is 6.22. The van der Waals surface area contributed by atoms with Gasteiger partial charge in [-0.2, -0.15) is 0 Å². The summed E-state index contributed by atoms with van der Waals surface area (Å²) in [6, 6.07) is 6.18. The normalized spacial score (nSPS) is 16.6. The fraction of sp³-hybridized carbons (Fsp3) is 0.667. The fourth-order valence-corrected chi connectivity index (χ4v) is 3.64. The number of sulfonamides is 1. The molecule has 0 radical (unpaired) electrons. The molecule has 0 saturated carbocycles. The Balaban J connectivity index is 0.00000480. The molecule has 1 aliphatic rings. The summed E-state index contributed by atoms with van der Waals surface area (Å²) in [6.45, 7) is 10.2. The SMILES string of the molecule is CCNC(=NCc1ccc(C)cc1OCC1CCOC1)NCCCNS(=O)(=O)CC.I. The summed E-state index contributed by atoms with van der Waals surface area (Å²) in [5.74, 6) is 2.12. The lowest BCUT2D eigenvalue weighted by Crippen LogP contribution is -2.38. The van der Waals surface area contributed by atoms with Gasteiger partial charge in [-0.05, 0) is 45.2 Å². The zero-order valence-electron chi connectivity index (χ0n) is 18.8. The van der Waals surface area contributed by atoms with E-state index < -0.39 is 10.0 Å². The predicted molar refractivity (Wildman–Crippen MR) is 136 cm³/mol. The van der Waals surface area contributed by atoms with Gasteiger partial charge >= 0.3 is 0 Å². The van der Waals surface area contributed by atoms with Crippen molar-refractivity contribution in [3.63, 3.8) is 0 Å². The lowest BCUT2D eigenvalue weighted by atomic mass is 10.1. The van der Waals surface area contributed by atoms with Crippen LogP contribution in [0.2, 0.25) is 0 Å². The molecule has 0 amide bonds. The van der Waals surface area contributed by atoms with Gasteiger partial charge in [-0.25, -0.2) is 18.1 Å². The van der Waals surface area contributed by atoms with Crippen molar-refractivity contribution in [1.82, 2.24) is 15.4 Å². The summed E-state index contributed by atoms with van der Waals surface area (Å²) in [7, 11) is -3.14. The lowest BCUT2D eigenvalue weighted by molar-refractivity contribution is 0.166. The minimum absolute atomic E-state index is 0. The molecule has 1 unspecified atom stereocenters. The first-order valence-electron chi connectivity index (χ1n) is 10.7. The van der Waals surface area contributed by atoms with Crippen LogP contribution in [0.1, 0.15) is 37.8 Å². The quantitative estimate of drug-likeness (QED) is 0.155. The van der Waals surface area contributed by atoms with Crippen LogP contribution in [-0.4, -0.2) is 59.6 Å². The number of aliphatic imine (C=N–C) groups is 1. The van der Waals surface area contributed by atoms with E-state index in [1.807, 2.05) is 6.92 Å². The van der Waals surface area contributed by atoms with E-state index in [0.29, 0.717) is 44.5 Å². The molecule has 0 aliphatic carbocycles. The summed E-state index contributed by atoms with van der Waals surface area (Å²) in [5.41, 5.74) is 2.19. The third-order valence-electron chi connectivity index (χ3n) is 4.82. The van der Waals surface area contributed by atoms with Gasteiger partial charge in [-0.1, -0.05) is 12.1 Å². The zero-order chi connectivity index (χ0) is 21.8. The number of halogens is 1. The largest absolute Gasteiger partial charge is 0.493 e. The predicted octanol–water partition coefficient (Wildman–Crippen LogP) is 2.41. The van der Waals surface area contributed by atoms with Crippen molar-refractivity contribution in [2.75, 3.05) is 45.2 Å². The zero-order valence-corrected chi connectivity index (χ0v) is 21.9. The van der Waals surface area contributed by atoms with E-state index in [9.17, 15) is 8.42 Å². The number of hydrogen-bond acceptors (Lipinski definition) is 5. The van der Waals surface area contributed by atoms with Crippen molar-refractivity contribution >= 4 is 40.0 Å². The van der Waals surface area contributed by atoms with Crippen molar-refractivity contribution in [2.45, 2.75) is 40.2 Å². The Labute approximate surface area is 204 Å². The molecule has 0 aromatic heterocycles. The average Bonchev–Trinajstić information content (AvgIpc) is 3.24. The molecule has 1 fully saturated rings. The number of guanidine groups is 1. The second-order valence-corrected chi connectivity index (χ2v) is 9.52. The summed E-state index contributed by atoms with van der Waals surface area (Å²) in [6.07, 6.45) is 1.72. The number of rotatable bonds is 12. The van der Waals surface area contributed by atoms with Crippen LogP contribution in [0, 0.1) is 12.8 Å². The molecule has 1 aromatic rings. The summed E-state index contributed by atoms with van der Waals surface area (Å²) in [4.78, 5) is 4.67. The Kier molecular flexibility index (Phi) is 13.4. The second kappa shape index (κ2) is 14.9. The summed E-state index contributed by atoms with van der Waals surface area (Å²) >= 11 is 0. The molecule has 31 heavy (non-hydrogen) atoms. The van der Waals surface area contributed by atoms with E-state index in [1.165, 1.54) is 0 Å². The lowest BCUT2D eigenvalue weighted by Gasteiger charge is -2.15. The van der Waals surface area contributed by atoms with E-state index in [4.69, 9.17) is 9.47 Å². The molecule has 0 spiro atoms. The van der Waals surface area contributed by atoms with Crippen LogP contribution in [0.15, 0.2) is 23.2 Å². The number of aryl methyl sites for hydroxylation is 1. The maximum Gasteiger partial charge on any atom is 0.211 e. The summed E-state index contributed by atoms with van der Waals surface area (Å²) < 4.78 is 37.0. The Morgan fingerprint density at radius 2 is 2.06 bits per heavy atom. The summed E-state index contributed by atoms with van der Waals surface area (Å²) in [5, 5.41) is 6.47. The van der Waals surface area contributed by atoms with E-state index >= 15 is 0 Å². The first-order chi connectivity index (χ1) is 14.4. The first-order valence-corrected chi connectivity index (χ1v) is 12.4. The van der Waals surface area contributed by atoms with Gasteiger partial charge in [0.25, 0.3) is 0 Å². The van der Waals surface area contributed by atoms with Crippen LogP contribution < -0.4 is 20.1 Å². The molecule has 10 heteroatoms. The van der Waals surface area contributed by atoms with Crippen LogP contribution in [0.3, 0.4) is 0 Å².